The Morgan fingerprint density at radius 1 is 1.24 bits per heavy atom. The second-order valence-corrected chi connectivity index (χ2v) is 6.67. The van der Waals surface area contributed by atoms with Gasteiger partial charge in [0, 0.05) is 49.0 Å². The molecule has 1 aliphatic rings. The van der Waals surface area contributed by atoms with E-state index in [1.54, 1.807) is 29.0 Å². The molecule has 1 heterocycles. The number of benzene rings is 1. The molecule has 0 radical (unpaired) electrons. The molecule has 1 saturated heterocycles. The van der Waals surface area contributed by atoms with Crippen molar-refractivity contribution in [1.29, 1.82) is 0 Å². The quantitative estimate of drug-likeness (QED) is 0.903. The van der Waals surface area contributed by atoms with Crippen LogP contribution in [0.2, 0.25) is 0 Å². The Kier molecular flexibility index (Phi) is 4.95. The summed E-state index contributed by atoms with van der Waals surface area (Å²) in [7, 11) is 0.904. The molecule has 0 spiro atoms. The highest BCUT2D eigenvalue weighted by Crippen LogP contribution is 2.10. The molecule has 0 saturated carbocycles. The summed E-state index contributed by atoms with van der Waals surface area (Å²) in [5.41, 5.74) is 1.10. The van der Waals surface area contributed by atoms with Gasteiger partial charge in [0.2, 0.25) is 0 Å². The molecule has 1 aromatic rings. The van der Waals surface area contributed by atoms with Gasteiger partial charge < -0.3 is 14.9 Å². The highest BCUT2D eigenvalue weighted by molar-refractivity contribution is 7.85. The second-order valence-electron chi connectivity index (χ2n) is 4.98. The van der Waals surface area contributed by atoms with Crippen LogP contribution in [0.15, 0.2) is 24.3 Å². The molecule has 0 unspecified atom stereocenters. The summed E-state index contributed by atoms with van der Waals surface area (Å²) in [4.78, 5) is 26.3. The molecule has 1 aliphatic heterocycles. The van der Waals surface area contributed by atoms with E-state index in [9.17, 15) is 13.8 Å². The van der Waals surface area contributed by atoms with E-state index in [0.717, 1.165) is 5.56 Å². The van der Waals surface area contributed by atoms with Gasteiger partial charge in [-0.2, -0.15) is 0 Å². The number of hydrogen-bond donors (Lipinski definition) is 1. The van der Waals surface area contributed by atoms with E-state index in [0.29, 0.717) is 31.1 Å². The highest BCUT2D eigenvalue weighted by atomic mass is 32.2. The first kappa shape index (κ1) is 15.5. The van der Waals surface area contributed by atoms with Crippen LogP contribution in [0, 0.1) is 0 Å². The standard InChI is InChI=1S/C14H18N2O4S/c1-15(14(19)16-6-8-21(20)9-7-16)10-11-2-4-12(5-3-11)13(17)18/h2-5H,6-10H2,1H3,(H,17,18). The maximum atomic E-state index is 12.2. The molecule has 0 bridgehead atoms. The van der Waals surface area contributed by atoms with Gasteiger partial charge in [0.15, 0.2) is 0 Å². The van der Waals surface area contributed by atoms with Crippen LogP contribution >= 0.6 is 0 Å². The second kappa shape index (κ2) is 6.71. The lowest BCUT2D eigenvalue weighted by molar-refractivity contribution is 0.0696. The van der Waals surface area contributed by atoms with Crippen molar-refractivity contribution >= 4 is 22.8 Å². The summed E-state index contributed by atoms with van der Waals surface area (Å²) in [6, 6.07) is 6.38. The fourth-order valence-corrected chi connectivity index (χ4v) is 3.22. The third kappa shape index (κ3) is 4.04. The maximum Gasteiger partial charge on any atom is 0.335 e. The molecule has 1 aromatic carbocycles. The number of urea groups is 1. The van der Waals surface area contributed by atoms with Crippen molar-refractivity contribution in [2.75, 3.05) is 31.6 Å². The SMILES string of the molecule is CN(Cc1ccc(C(=O)O)cc1)C(=O)N1CCS(=O)CC1. The van der Waals surface area contributed by atoms with Gasteiger partial charge in [0.05, 0.1) is 5.56 Å². The molecule has 2 amide bonds. The van der Waals surface area contributed by atoms with Crippen LogP contribution in [-0.4, -0.2) is 62.8 Å². The normalized spacial score (nSPS) is 15.8. The molecular formula is C14H18N2O4S. The Balaban J connectivity index is 1.94. The highest BCUT2D eigenvalue weighted by Gasteiger charge is 2.22. The zero-order chi connectivity index (χ0) is 15.4. The predicted octanol–water partition coefficient (Wildman–Crippen LogP) is 1.00. The maximum absolute atomic E-state index is 12.2. The summed E-state index contributed by atoms with van der Waals surface area (Å²) in [5, 5.41) is 8.84. The first-order valence-electron chi connectivity index (χ1n) is 6.64. The summed E-state index contributed by atoms with van der Waals surface area (Å²) in [6.07, 6.45) is 0. The summed E-state index contributed by atoms with van der Waals surface area (Å²) >= 11 is 0. The van der Waals surface area contributed by atoms with E-state index in [-0.39, 0.29) is 11.6 Å². The van der Waals surface area contributed by atoms with Crippen molar-refractivity contribution in [3.05, 3.63) is 35.4 Å². The molecule has 6 nitrogen and oxygen atoms in total. The van der Waals surface area contributed by atoms with Gasteiger partial charge in [-0.3, -0.25) is 4.21 Å². The molecule has 0 aliphatic carbocycles. The van der Waals surface area contributed by atoms with Crippen molar-refractivity contribution in [2.24, 2.45) is 0 Å². The van der Waals surface area contributed by atoms with E-state index in [1.165, 1.54) is 12.1 Å². The fourth-order valence-electron chi connectivity index (χ4n) is 2.16. The van der Waals surface area contributed by atoms with Crippen LogP contribution in [0.3, 0.4) is 0 Å². The van der Waals surface area contributed by atoms with Gasteiger partial charge in [0.1, 0.15) is 0 Å². The van der Waals surface area contributed by atoms with E-state index in [2.05, 4.69) is 0 Å². The zero-order valence-corrected chi connectivity index (χ0v) is 12.6. The summed E-state index contributed by atoms with van der Waals surface area (Å²) in [6.45, 7) is 1.46. The number of carbonyl (C=O) groups excluding carboxylic acids is 1. The van der Waals surface area contributed by atoms with Crippen LogP contribution in [0.1, 0.15) is 15.9 Å². The van der Waals surface area contributed by atoms with Gasteiger partial charge in [-0.1, -0.05) is 12.1 Å². The average molecular weight is 310 g/mol. The van der Waals surface area contributed by atoms with Gasteiger partial charge in [0.25, 0.3) is 0 Å². The van der Waals surface area contributed by atoms with Crippen molar-refractivity contribution in [2.45, 2.75) is 6.54 Å². The third-order valence-electron chi connectivity index (χ3n) is 3.40. The third-order valence-corrected chi connectivity index (χ3v) is 4.67. The Labute approximate surface area is 125 Å². The molecule has 21 heavy (non-hydrogen) atoms. The average Bonchev–Trinajstić information content (AvgIpc) is 2.47. The lowest BCUT2D eigenvalue weighted by atomic mass is 10.1. The lowest BCUT2D eigenvalue weighted by Gasteiger charge is -2.30. The Hall–Kier alpha value is -1.89. The number of nitrogens with zero attached hydrogens (tertiary/aromatic N) is 2. The fraction of sp³-hybridized carbons (Fsp3) is 0.429. The minimum Gasteiger partial charge on any atom is -0.478 e. The minimum atomic E-state index is -0.965. The molecular weight excluding hydrogens is 292 g/mol. The number of carboxylic acid groups (broad SMARTS) is 1. The van der Waals surface area contributed by atoms with E-state index >= 15 is 0 Å². The zero-order valence-electron chi connectivity index (χ0n) is 11.8. The van der Waals surface area contributed by atoms with Crippen molar-refractivity contribution in [3.63, 3.8) is 0 Å². The van der Waals surface area contributed by atoms with Crippen molar-refractivity contribution in [1.82, 2.24) is 9.80 Å². The predicted molar refractivity (Wildman–Crippen MR) is 79.7 cm³/mol. The Morgan fingerprint density at radius 2 is 1.81 bits per heavy atom. The molecule has 114 valence electrons. The van der Waals surface area contributed by atoms with Gasteiger partial charge in [-0.05, 0) is 17.7 Å². The largest absolute Gasteiger partial charge is 0.478 e. The number of rotatable bonds is 3. The van der Waals surface area contributed by atoms with E-state index in [1.807, 2.05) is 0 Å². The molecule has 2 rings (SSSR count). The van der Waals surface area contributed by atoms with Gasteiger partial charge >= 0.3 is 12.0 Å². The lowest BCUT2D eigenvalue weighted by Crippen LogP contribution is -2.47. The Morgan fingerprint density at radius 3 is 2.33 bits per heavy atom. The van der Waals surface area contributed by atoms with Crippen LogP contribution in [0.4, 0.5) is 4.79 Å². The van der Waals surface area contributed by atoms with Crippen LogP contribution in [-0.2, 0) is 17.3 Å². The van der Waals surface area contributed by atoms with Crippen molar-refractivity contribution in [3.8, 4) is 0 Å². The smallest absolute Gasteiger partial charge is 0.335 e. The van der Waals surface area contributed by atoms with Crippen LogP contribution in [0.5, 0.6) is 0 Å². The monoisotopic (exact) mass is 310 g/mol. The topological polar surface area (TPSA) is 77.9 Å². The van der Waals surface area contributed by atoms with Crippen LogP contribution in [0.25, 0.3) is 0 Å². The van der Waals surface area contributed by atoms with Gasteiger partial charge in [-0.25, -0.2) is 9.59 Å². The number of carboxylic acids is 1. The first-order valence-corrected chi connectivity index (χ1v) is 8.13. The molecule has 1 fully saturated rings. The molecule has 1 N–H and O–H groups in total. The number of aromatic carboxylic acids is 1. The minimum absolute atomic E-state index is 0.0889. The first-order chi connectivity index (χ1) is 9.97. The summed E-state index contributed by atoms with van der Waals surface area (Å²) < 4.78 is 11.3. The van der Waals surface area contributed by atoms with Crippen molar-refractivity contribution < 1.29 is 18.9 Å². The van der Waals surface area contributed by atoms with E-state index in [4.69, 9.17) is 5.11 Å². The van der Waals surface area contributed by atoms with E-state index < -0.39 is 16.8 Å². The Bertz CT molecular complexity index is 549. The molecule has 0 aromatic heterocycles. The number of carbonyl (C=O) groups is 2. The molecule has 0 atom stereocenters. The molecule has 7 heteroatoms. The summed E-state index contributed by atoms with van der Waals surface area (Å²) in [5.74, 6) is 0.104. The number of amides is 2. The number of hydrogen-bond acceptors (Lipinski definition) is 3. The van der Waals surface area contributed by atoms with Gasteiger partial charge in [-0.15, -0.1) is 0 Å². The van der Waals surface area contributed by atoms with Crippen LogP contribution < -0.4 is 0 Å².